The Morgan fingerprint density at radius 2 is 2.00 bits per heavy atom. The second kappa shape index (κ2) is 9.68. The second-order valence-corrected chi connectivity index (χ2v) is 6.64. The van der Waals surface area contributed by atoms with Gasteiger partial charge in [-0.1, -0.05) is 27.2 Å². The van der Waals surface area contributed by atoms with Crippen LogP contribution in [-0.4, -0.2) is 35.7 Å². The number of esters is 1. The van der Waals surface area contributed by atoms with Crippen LogP contribution in [0, 0.1) is 0 Å². The number of hydrogen-bond acceptors (Lipinski definition) is 4. The van der Waals surface area contributed by atoms with E-state index >= 15 is 0 Å². The molecular weight excluding hydrogens is 246 g/mol. The summed E-state index contributed by atoms with van der Waals surface area (Å²) in [4.78, 5) is 11.9. The fraction of sp³-hybridized carbons (Fsp3) is 0.929. The highest BCUT2D eigenvalue weighted by Gasteiger charge is 2.32. The first kappa shape index (κ1) is 17.8. The molecule has 0 aliphatic heterocycles. The Hall–Kier alpha value is -0.220. The van der Waals surface area contributed by atoms with E-state index in [-0.39, 0.29) is 5.97 Å². The topological polar surface area (TPSA) is 38.3 Å². The van der Waals surface area contributed by atoms with Crippen molar-refractivity contribution in [3.63, 3.8) is 0 Å². The Kier molecular flexibility index (Phi) is 9.56. The van der Waals surface area contributed by atoms with E-state index < -0.39 is 5.54 Å². The van der Waals surface area contributed by atoms with Gasteiger partial charge in [0.15, 0.2) is 0 Å². The molecular formula is C14H29NO2S. The molecule has 0 aromatic carbocycles. The smallest absolute Gasteiger partial charge is 0.326 e. The van der Waals surface area contributed by atoms with Crippen LogP contribution in [0.25, 0.3) is 0 Å². The van der Waals surface area contributed by atoms with Crippen LogP contribution < -0.4 is 5.32 Å². The summed E-state index contributed by atoms with van der Waals surface area (Å²) < 4.78 is 5.15. The maximum atomic E-state index is 11.9. The predicted octanol–water partition coefficient (Wildman–Crippen LogP) is 3.23. The van der Waals surface area contributed by atoms with Crippen molar-refractivity contribution in [2.24, 2.45) is 0 Å². The number of unbranched alkanes of at least 4 members (excludes halogenated alkanes) is 1. The summed E-state index contributed by atoms with van der Waals surface area (Å²) >= 11 is 1.98. The minimum atomic E-state index is -0.521. The van der Waals surface area contributed by atoms with Crippen LogP contribution in [0.4, 0.5) is 0 Å². The average molecular weight is 275 g/mol. The zero-order valence-electron chi connectivity index (χ0n) is 12.5. The SMILES string of the molecule is CCNC(C)(CCCCSC(C)C)C(=O)OCC. The maximum absolute atomic E-state index is 11.9. The van der Waals surface area contributed by atoms with Crippen LogP contribution >= 0.6 is 11.8 Å². The molecule has 108 valence electrons. The molecule has 1 atom stereocenters. The number of likely N-dealkylation sites (N-methyl/N-ethyl adjacent to an activating group) is 1. The van der Waals surface area contributed by atoms with Gasteiger partial charge in [0.1, 0.15) is 5.54 Å². The molecule has 18 heavy (non-hydrogen) atoms. The number of carbonyl (C=O) groups excluding carboxylic acids is 1. The monoisotopic (exact) mass is 275 g/mol. The van der Waals surface area contributed by atoms with Gasteiger partial charge in [0.05, 0.1) is 6.61 Å². The lowest BCUT2D eigenvalue weighted by Crippen LogP contribution is -2.50. The first-order valence-corrected chi connectivity index (χ1v) is 8.05. The van der Waals surface area contributed by atoms with Crippen LogP contribution in [-0.2, 0) is 9.53 Å². The minimum Gasteiger partial charge on any atom is -0.465 e. The van der Waals surface area contributed by atoms with Gasteiger partial charge in [-0.3, -0.25) is 4.79 Å². The zero-order valence-corrected chi connectivity index (χ0v) is 13.4. The van der Waals surface area contributed by atoms with Crippen LogP contribution in [0.3, 0.4) is 0 Å². The van der Waals surface area contributed by atoms with E-state index in [4.69, 9.17) is 4.74 Å². The average Bonchev–Trinajstić information content (AvgIpc) is 2.28. The van der Waals surface area contributed by atoms with E-state index in [1.807, 2.05) is 32.5 Å². The third kappa shape index (κ3) is 7.27. The first-order valence-electron chi connectivity index (χ1n) is 7.00. The largest absolute Gasteiger partial charge is 0.465 e. The van der Waals surface area contributed by atoms with Crippen LogP contribution in [0.1, 0.15) is 53.9 Å². The Morgan fingerprint density at radius 1 is 1.33 bits per heavy atom. The van der Waals surface area contributed by atoms with Crippen LogP contribution in [0.5, 0.6) is 0 Å². The number of hydrogen-bond donors (Lipinski definition) is 1. The molecule has 0 heterocycles. The molecule has 4 heteroatoms. The molecule has 1 unspecified atom stereocenters. The molecule has 0 aromatic rings. The highest BCUT2D eigenvalue weighted by Crippen LogP contribution is 2.18. The van der Waals surface area contributed by atoms with Gasteiger partial charge < -0.3 is 10.1 Å². The number of rotatable bonds is 10. The van der Waals surface area contributed by atoms with Crippen molar-refractivity contribution >= 4 is 17.7 Å². The summed E-state index contributed by atoms with van der Waals surface area (Å²) in [7, 11) is 0. The van der Waals surface area contributed by atoms with E-state index in [1.54, 1.807) is 0 Å². The molecule has 3 nitrogen and oxygen atoms in total. The molecule has 0 fully saturated rings. The Morgan fingerprint density at radius 3 is 2.50 bits per heavy atom. The maximum Gasteiger partial charge on any atom is 0.326 e. The molecule has 0 aliphatic carbocycles. The van der Waals surface area contributed by atoms with Gasteiger partial charge in [0.25, 0.3) is 0 Å². The van der Waals surface area contributed by atoms with Gasteiger partial charge in [0.2, 0.25) is 0 Å². The summed E-state index contributed by atoms with van der Waals surface area (Å²) in [6, 6.07) is 0. The summed E-state index contributed by atoms with van der Waals surface area (Å²) in [5.41, 5.74) is -0.521. The summed E-state index contributed by atoms with van der Waals surface area (Å²) in [6.07, 6.45) is 3.06. The number of thioether (sulfide) groups is 1. The van der Waals surface area contributed by atoms with Crippen molar-refractivity contribution in [2.45, 2.75) is 64.7 Å². The van der Waals surface area contributed by atoms with Crippen molar-refractivity contribution in [1.29, 1.82) is 0 Å². The molecule has 0 saturated heterocycles. The van der Waals surface area contributed by atoms with Crippen LogP contribution in [0.15, 0.2) is 0 Å². The second-order valence-electron chi connectivity index (χ2n) is 4.96. The Labute approximate surface area is 116 Å². The predicted molar refractivity (Wildman–Crippen MR) is 80.2 cm³/mol. The Balaban J connectivity index is 4.06. The van der Waals surface area contributed by atoms with Gasteiger partial charge >= 0.3 is 5.97 Å². The summed E-state index contributed by atoms with van der Waals surface area (Å²) in [6.45, 7) is 11.5. The third-order valence-corrected chi connectivity index (χ3v) is 4.01. The third-order valence-electron chi connectivity index (χ3n) is 2.82. The highest BCUT2D eigenvalue weighted by atomic mass is 32.2. The molecule has 0 aliphatic rings. The first-order chi connectivity index (χ1) is 8.46. The van der Waals surface area contributed by atoms with Crippen molar-refractivity contribution in [2.75, 3.05) is 18.9 Å². The van der Waals surface area contributed by atoms with Gasteiger partial charge in [-0.05, 0) is 44.2 Å². The molecule has 0 bridgehead atoms. The van der Waals surface area contributed by atoms with Crippen molar-refractivity contribution < 1.29 is 9.53 Å². The van der Waals surface area contributed by atoms with E-state index in [2.05, 4.69) is 19.2 Å². The van der Waals surface area contributed by atoms with E-state index in [9.17, 15) is 4.79 Å². The van der Waals surface area contributed by atoms with Gasteiger partial charge in [-0.15, -0.1) is 0 Å². The molecule has 0 aromatic heterocycles. The van der Waals surface area contributed by atoms with Gasteiger partial charge in [0, 0.05) is 0 Å². The molecule has 0 radical (unpaired) electrons. The van der Waals surface area contributed by atoms with E-state index in [0.29, 0.717) is 11.9 Å². The van der Waals surface area contributed by atoms with Crippen molar-refractivity contribution in [3.8, 4) is 0 Å². The van der Waals surface area contributed by atoms with E-state index in [1.165, 1.54) is 5.75 Å². The quantitative estimate of drug-likeness (QED) is 0.491. The molecule has 0 rings (SSSR count). The van der Waals surface area contributed by atoms with Gasteiger partial charge in [-0.25, -0.2) is 0 Å². The number of nitrogens with one attached hydrogen (secondary N) is 1. The van der Waals surface area contributed by atoms with Crippen LogP contribution in [0.2, 0.25) is 0 Å². The molecule has 0 spiro atoms. The minimum absolute atomic E-state index is 0.122. The fourth-order valence-corrected chi connectivity index (χ4v) is 2.69. The highest BCUT2D eigenvalue weighted by molar-refractivity contribution is 7.99. The summed E-state index contributed by atoms with van der Waals surface area (Å²) in [5, 5.41) is 3.95. The lowest BCUT2D eigenvalue weighted by atomic mass is 9.95. The zero-order chi connectivity index (χ0) is 14.0. The summed E-state index contributed by atoms with van der Waals surface area (Å²) in [5.74, 6) is 1.05. The van der Waals surface area contributed by atoms with Gasteiger partial charge in [-0.2, -0.15) is 11.8 Å². The molecule has 0 saturated carbocycles. The normalized spacial score (nSPS) is 14.6. The van der Waals surface area contributed by atoms with E-state index in [0.717, 1.165) is 25.8 Å². The lowest BCUT2D eigenvalue weighted by molar-refractivity contribution is -0.150. The molecule has 0 amide bonds. The standard InChI is InChI=1S/C14H29NO2S/c1-6-15-14(5,13(16)17-7-2)10-8-9-11-18-12(3)4/h12,15H,6-11H2,1-5H3. The van der Waals surface area contributed by atoms with Crippen molar-refractivity contribution in [3.05, 3.63) is 0 Å². The number of ether oxygens (including phenoxy) is 1. The molecule has 1 N–H and O–H groups in total. The lowest BCUT2D eigenvalue weighted by Gasteiger charge is -2.28. The number of carbonyl (C=O) groups is 1. The van der Waals surface area contributed by atoms with Crippen molar-refractivity contribution in [1.82, 2.24) is 5.32 Å². The fourth-order valence-electron chi connectivity index (χ4n) is 1.84. The Bertz CT molecular complexity index is 234.